The van der Waals surface area contributed by atoms with Gasteiger partial charge < -0.3 is 15.2 Å². The quantitative estimate of drug-likeness (QED) is 0.823. The van der Waals surface area contributed by atoms with Crippen LogP contribution in [-0.4, -0.2) is 23.7 Å². The lowest BCUT2D eigenvalue weighted by molar-refractivity contribution is -0.123. The first-order valence-corrected chi connectivity index (χ1v) is 5.74. The molecular formula is C13H19NO3. The molecule has 94 valence electrons. The van der Waals surface area contributed by atoms with Gasteiger partial charge in [-0.3, -0.25) is 4.79 Å². The number of phenols is 1. The number of hydrogen-bond acceptors (Lipinski definition) is 3. The van der Waals surface area contributed by atoms with Crippen LogP contribution in [0.15, 0.2) is 18.2 Å². The van der Waals surface area contributed by atoms with Gasteiger partial charge in [0, 0.05) is 12.1 Å². The van der Waals surface area contributed by atoms with Crippen molar-refractivity contribution in [3.8, 4) is 11.5 Å². The molecule has 0 aliphatic carbocycles. The highest BCUT2D eigenvalue weighted by Gasteiger charge is 2.06. The summed E-state index contributed by atoms with van der Waals surface area (Å²) in [6, 6.07) is 5.04. The van der Waals surface area contributed by atoms with Crippen LogP contribution < -0.4 is 10.1 Å². The third kappa shape index (κ3) is 4.76. The normalized spacial score (nSPS) is 11.9. The molecule has 0 saturated carbocycles. The van der Waals surface area contributed by atoms with Crippen LogP contribution in [-0.2, 0) is 4.79 Å². The van der Waals surface area contributed by atoms with Gasteiger partial charge in [0.05, 0.1) is 0 Å². The van der Waals surface area contributed by atoms with Gasteiger partial charge in [-0.25, -0.2) is 0 Å². The zero-order valence-corrected chi connectivity index (χ0v) is 10.5. The highest BCUT2D eigenvalue weighted by Crippen LogP contribution is 2.20. The molecule has 0 heterocycles. The molecule has 0 aromatic heterocycles. The van der Waals surface area contributed by atoms with Crippen molar-refractivity contribution >= 4 is 5.91 Å². The number of amides is 1. The Morgan fingerprint density at radius 3 is 2.76 bits per heavy atom. The number of aromatic hydroxyl groups is 1. The Hall–Kier alpha value is -1.71. The van der Waals surface area contributed by atoms with E-state index < -0.39 is 0 Å². The zero-order valence-electron chi connectivity index (χ0n) is 10.5. The second kappa shape index (κ2) is 6.13. The first-order valence-electron chi connectivity index (χ1n) is 5.74. The maximum absolute atomic E-state index is 11.5. The molecule has 0 spiro atoms. The van der Waals surface area contributed by atoms with Gasteiger partial charge in [0.25, 0.3) is 5.91 Å². The Balaban J connectivity index is 2.47. The summed E-state index contributed by atoms with van der Waals surface area (Å²) in [5.74, 6) is 0.490. The van der Waals surface area contributed by atoms with Crippen molar-refractivity contribution in [1.29, 1.82) is 0 Å². The minimum Gasteiger partial charge on any atom is -0.508 e. The SMILES string of the molecule is CCC(C)NC(=O)COc1cc(C)cc(O)c1. The van der Waals surface area contributed by atoms with Crippen LogP contribution in [0.4, 0.5) is 0 Å². The molecule has 0 aliphatic rings. The Labute approximate surface area is 102 Å². The number of aryl methyl sites for hydroxylation is 1. The van der Waals surface area contributed by atoms with Crippen LogP contribution in [0.1, 0.15) is 25.8 Å². The Morgan fingerprint density at radius 1 is 1.47 bits per heavy atom. The van der Waals surface area contributed by atoms with Crippen molar-refractivity contribution in [2.45, 2.75) is 33.2 Å². The summed E-state index contributed by atoms with van der Waals surface area (Å²) in [7, 11) is 0. The molecule has 0 fully saturated rings. The lowest BCUT2D eigenvalue weighted by Crippen LogP contribution is -2.35. The molecule has 0 aliphatic heterocycles. The third-order valence-electron chi connectivity index (χ3n) is 2.43. The first kappa shape index (κ1) is 13.4. The Bertz CT molecular complexity index is 370. The monoisotopic (exact) mass is 237 g/mol. The highest BCUT2D eigenvalue weighted by atomic mass is 16.5. The van der Waals surface area contributed by atoms with E-state index in [4.69, 9.17) is 4.74 Å². The summed E-state index contributed by atoms with van der Waals surface area (Å²) in [5, 5.41) is 12.2. The van der Waals surface area contributed by atoms with Crippen molar-refractivity contribution in [3.05, 3.63) is 23.8 Å². The number of benzene rings is 1. The van der Waals surface area contributed by atoms with Crippen LogP contribution in [0, 0.1) is 6.92 Å². The van der Waals surface area contributed by atoms with Gasteiger partial charge in [-0.1, -0.05) is 6.92 Å². The fourth-order valence-corrected chi connectivity index (χ4v) is 1.38. The van der Waals surface area contributed by atoms with E-state index in [0.29, 0.717) is 5.75 Å². The Morgan fingerprint density at radius 2 is 2.18 bits per heavy atom. The van der Waals surface area contributed by atoms with Crippen molar-refractivity contribution in [3.63, 3.8) is 0 Å². The largest absolute Gasteiger partial charge is 0.508 e. The summed E-state index contributed by atoms with van der Waals surface area (Å²) in [4.78, 5) is 11.5. The molecule has 1 aromatic rings. The van der Waals surface area contributed by atoms with Gasteiger partial charge in [0.15, 0.2) is 6.61 Å². The molecule has 4 heteroatoms. The number of nitrogens with one attached hydrogen (secondary N) is 1. The molecule has 1 amide bonds. The van der Waals surface area contributed by atoms with Gasteiger partial charge in [-0.05, 0) is 38.0 Å². The van der Waals surface area contributed by atoms with E-state index in [1.165, 1.54) is 6.07 Å². The van der Waals surface area contributed by atoms with E-state index in [1.54, 1.807) is 12.1 Å². The van der Waals surface area contributed by atoms with E-state index in [-0.39, 0.29) is 24.3 Å². The highest BCUT2D eigenvalue weighted by molar-refractivity contribution is 5.77. The standard InChI is InChI=1S/C13H19NO3/c1-4-10(3)14-13(16)8-17-12-6-9(2)5-11(15)7-12/h5-7,10,15H,4,8H2,1-3H3,(H,14,16). The van der Waals surface area contributed by atoms with Gasteiger partial charge in [-0.2, -0.15) is 0 Å². The number of rotatable bonds is 5. The number of ether oxygens (including phenoxy) is 1. The molecule has 4 nitrogen and oxygen atoms in total. The van der Waals surface area contributed by atoms with Crippen LogP contribution in [0.25, 0.3) is 0 Å². The summed E-state index contributed by atoms with van der Waals surface area (Å²) in [6.07, 6.45) is 0.886. The maximum Gasteiger partial charge on any atom is 0.258 e. The van der Waals surface area contributed by atoms with Crippen LogP contribution >= 0.6 is 0 Å². The molecule has 17 heavy (non-hydrogen) atoms. The van der Waals surface area contributed by atoms with E-state index in [1.807, 2.05) is 20.8 Å². The van der Waals surface area contributed by atoms with Crippen molar-refractivity contribution in [2.24, 2.45) is 0 Å². The van der Waals surface area contributed by atoms with Crippen molar-refractivity contribution in [1.82, 2.24) is 5.32 Å². The third-order valence-corrected chi connectivity index (χ3v) is 2.43. The lowest BCUT2D eigenvalue weighted by atomic mass is 10.2. The number of phenolic OH excluding ortho intramolecular Hbond substituents is 1. The topological polar surface area (TPSA) is 58.6 Å². The fourth-order valence-electron chi connectivity index (χ4n) is 1.38. The zero-order chi connectivity index (χ0) is 12.8. The molecule has 1 aromatic carbocycles. The molecule has 0 bridgehead atoms. The average Bonchev–Trinajstić information content (AvgIpc) is 2.25. The average molecular weight is 237 g/mol. The predicted octanol–water partition coefficient (Wildman–Crippen LogP) is 1.99. The smallest absolute Gasteiger partial charge is 0.258 e. The summed E-state index contributed by atoms with van der Waals surface area (Å²) >= 11 is 0. The number of carbonyl (C=O) groups excluding carboxylic acids is 1. The van der Waals surface area contributed by atoms with Gasteiger partial charge >= 0.3 is 0 Å². The summed E-state index contributed by atoms with van der Waals surface area (Å²) < 4.78 is 5.30. The molecule has 0 radical (unpaired) electrons. The first-order chi connectivity index (χ1) is 8.01. The van der Waals surface area contributed by atoms with Gasteiger partial charge in [0.1, 0.15) is 11.5 Å². The number of carbonyl (C=O) groups is 1. The van der Waals surface area contributed by atoms with E-state index >= 15 is 0 Å². The van der Waals surface area contributed by atoms with E-state index in [9.17, 15) is 9.90 Å². The minimum absolute atomic E-state index is 0.0345. The molecule has 1 unspecified atom stereocenters. The van der Waals surface area contributed by atoms with Crippen molar-refractivity contribution < 1.29 is 14.6 Å². The van der Waals surface area contributed by atoms with Gasteiger partial charge in [-0.15, -0.1) is 0 Å². The van der Waals surface area contributed by atoms with E-state index in [2.05, 4.69) is 5.32 Å². The lowest BCUT2D eigenvalue weighted by Gasteiger charge is -2.12. The number of hydrogen-bond donors (Lipinski definition) is 2. The molecule has 1 rings (SSSR count). The second-order valence-electron chi connectivity index (χ2n) is 4.17. The van der Waals surface area contributed by atoms with Crippen LogP contribution in [0.3, 0.4) is 0 Å². The molecule has 1 atom stereocenters. The second-order valence-corrected chi connectivity index (χ2v) is 4.17. The molecular weight excluding hydrogens is 218 g/mol. The molecule has 2 N–H and O–H groups in total. The summed E-state index contributed by atoms with van der Waals surface area (Å²) in [5.41, 5.74) is 0.891. The fraction of sp³-hybridized carbons (Fsp3) is 0.462. The van der Waals surface area contributed by atoms with Crippen LogP contribution in [0.5, 0.6) is 11.5 Å². The minimum atomic E-state index is -0.152. The predicted molar refractivity (Wildman–Crippen MR) is 66.2 cm³/mol. The Kier molecular flexibility index (Phi) is 4.82. The maximum atomic E-state index is 11.5. The van der Waals surface area contributed by atoms with Crippen LogP contribution in [0.2, 0.25) is 0 Å². The summed E-state index contributed by atoms with van der Waals surface area (Å²) in [6.45, 7) is 5.76. The van der Waals surface area contributed by atoms with E-state index in [0.717, 1.165) is 12.0 Å². The van der Waals surface area contributed by atoms with Gasteiger partial charge in [0.2, 0.25) is 0 Å². The molecule has 0 saturated heterocycles. The van der Waals surface area contributed by atoms with Crippen molar-refractivity contribution in [2.75, 3.05) is 6.61 Å².